The third kappa shape index (κ3) is 5.42. The number of aliphatic carboxylic acids is 1. The summed E-state index contributed by atoms with van der Waals surface area (Å²) in [6, 6.07) is 20.3. The fourth-order valence-corrected chi connectivity index (χ4v) is 3.28. The Morgan fingerprint density at radius 3 is 1.97 bits per heavy atom. The summed E-state index contributed by atoms with van der Waals surface area (Å²) in [6.07, 6.45) is 0.00385. The number of rotatable bonds is 7. The molecule has 0 bridgehead atoms. The van der Waals surface area contributed by atoms with Crippen molar-refractivity contribution in [1.82, 2.24) is 5.32 Å². The van der Waals surface area contributed by atoms with Crippen molar-refractivity contribution in [2.75, 3.05) is 0 Å². The van der Waals surface area contributed by atoms with Gasteiger partial charge in [0.25, 0.3) is 0 Å². The molecule has 3 aromatic carbocycles. The van der Waals surface area contributed by atoms with Crippen molar-refractivity contribution < 1.29 is 19.1 Å². The van der Waals surface area contributed by atoms with Gasteiger partial charge in [0.15, 0.2) is 6.04 Å². The number of amides is 1. The number of carbonyl (C=O) groups excluding carboxylic acids is 1. The SMILES string of the molecule is O=C(CC(c1ccc(F)cc1)c1ccc(Cl)cc1)NC(C(=O)O)c1ccccc1. The summed E-state index contributed by atoms with van der Waals surface area (Å²) in [5.74, 6) is -2.32. The van der Waals surface area contributed by atoms with E-state index in [4.69, 9.17) is 11.6 Å². The number of carbonyl (C=O) groups is 2. The van der Waals surface area contributed by atoms with Crippen molar-refractivity contribution in [2.45, 2.75) is 18.4 Å². The molecule has 0 aromatic heterocycles. The van der Waals surface area contributed by atoms with E-state index in [1.807, 2.05) is 0 Å². The Kier molecular flexibility index (Phi) is 6.62. The second-order valence-corrected chi connectivity index (χ2v) is 7.05. The van der Waals surface area contributed by atoms with E-state index in [2.05, 4.69) is 5.32 Å². The quantitative estimate of drug-likeness (QED) is 0.578. The van der Waals surface area contributed by atoms with Crippen molar-refractivity contribution in [3.05, 3.63) is 106 Å². The van der Waals surface area contributed by atoms with Crippen LogP contribution in [0.25, 0.3) is 0 Å². The fourth-order valence-electron chi connectivity index (χ4n) is 3.16. The molecule has 29 heavy (non-hydrogen) atoms. The van der Waals surface area contributed by atoms with Crippen LogP contribution in [0.5, 0.6) is 0 Å². The minimum absolute atomic E-state index is 0.00385. The van der Waals surface area contributed by atoms with E-state index in [0.29, 0.717) is 10.6 Å². The van der Waals surface area contributed by atoms with E-state index in [0.717, 1.165) is 11.1 Å². The van der Waals surface area contributed by atoms with Gasteiger partial charge in [0, 0.05) is 17.4 Å². The average Bonchev–Trinajstić information content (AvgIpc) is 2.72. The van der Waals surface area contributed by atoms with Crippen molar-refractivity contribution in [3.8, 4) is 0 Å². The summed E-state index contributed by atoms with van der Waals surface area (Å²) in [6.45, 7) is 0. The largest absolute Gasteiger partial charge is 0.479 e. The summed E-state index contributed by atoms with van der Waals surface area (Å²) < 4.78 is 13.4. The van der Waals surface area contributed by atoms with E-state index in [1.165, 1.54) is 12.1 Å². The molecule has 2 N–H and O–H groups in total. The van der Waals surface area contributed by atoms with Gasteiger partial charge in [-0.25, -0.2) is 9.18 Å². The third-order valence-corrected chi connectivity index (χ3v) is 4.87. The summed E-state index contributed by atoms with van der Waals surface area (Å²) in [4.78, 5) is 24.4. The molecule has 0 saturated carbocycles. The van der Waals surface area contributed by atoms with E-state index in [1.54, 1.807) is 66.7 Å². The molecule has 0 heterocycles. The average molecular weight is 412 g/mol. The van der Waals surface area contributed by atoms with Gasteiger partial charge in [-0.05, 0) is 41.0 Å². The van der Waals surface area contributed by atoms with Crippen LogP contribution in [-0.4, -0.2) is 17.0 Å². The second-order valence-electron chi connectivity index (χ2n) is 6.61. The lowest BCUT2D eigenvalue weighted by Crippen LogP contribution is -2.34. The highest BCUT2D eigenvalue weighted by molar-refractivity contribution is 6.30. The zero-order valence-electron chi connectivity index (χ0n) is 15.4. The topological polar surface area (TPSA) is 66.4 Å². The van der Waals surface area contributed by atoms with Gasteiger partial charge in [-0.15, -0.1) is 0 Å². The number of hydrogen-bond donors (Lipinski definition) is 2. The number of benzene rings is 3. The highest BCUT2D eigenvalue weighted by Gasteiger charge is 2.25. The molecular weight excluding hydrogens is 393 g/mol. The van der Waals surface area contributed by atoms with Crippen LogP contribution in [0.4, 0.5) is 4.39 Å². The van der Waals surface area contributed by atoms with Crippen LogP contribution in [0.2, 0.25) is 5.02 Å². The molecule has 0 aliphatic rings. The molecule has 0 aliphatic carbocycles. The smallest absolute Gasteiger partial charge is 0.330 e. The van der Waals surface area contributed by atoms with Crippen LogP contribution >= 0.6 is 11.6 Å². The molecule has 0 fully saturated rings. The lowest BCUT2D eigenvalue weighted by atomic mass is 9.88. The minimum Gasteiger partial charge on any atom is -0.479 e. The molecule has 6 heteroatoms. The van der Waals surface area contributed by atoms with Gasteiger partial charge in [-0.3, -0.25) is 4.79 Å². The number of nitrogens with one attached hydrogen (secondary N) is 1. The van der Waals surface area contributed by atoms with Gasteiger partial charge in [0.2, 0.25) is 5.91 Å². The van der Waals surface area contributed by atoms with Crippen LogP contribution in [0.1, 0.15) is 35.1 Å². The second kappa shape index (κ2) is 9.34. The number of carboxylic acids is 1. The highest BCUT2D eigenvalue weighted by Crippen LogP contribution is 2.29. The van der Waals surface area contributed by atoms with Crippen LogP contribution < -0.4 is 5.32 Å². The molecule has 0 radical (unpaired) electrons. The molecule has 3 aromatic rings. The molecule has 3 rings (SSSR count). The normalized spacial score (nSPS) is 12.8. The molecule has 0 aliphatic heterocycles. The number of carboxylic acid groups (broad SMARTS) is 1. The first-order valence-corrected chi connectivity index (χ1v) is 9.40. The Hall–Kier alpha value is -3.18. The van der Waals surface area contributed by atoms with Gasteiger partial charge < -0.3 is 10.4 Å². The highest BCUT2D eigenvalue weighted by atomic mass is 35.5. The maximum atomic E-state index is 13.4. The first kappa shape index (κ1) is 20.6. The van der Waals surface area contributed by atoms with Gasteiger partial charge in [-0.1, -0.05) is 66.2 Å². The molecule has 148 valence electrons. The Balaban J connectivity index is 1.84. The maximum Gasteiger partial charge on any atom is 0.330 e. The van der Waals surface area contributed by atoms with Crippen molar-refractivity contribution in [2.24, 2.45) is 0 Å². The van der Waals surface area contributed by atoms with Crippen LogP contribution in [0.3, 0.4) is 0 Å². The zero-order valence-corrected chi connectivity index (χ0v) is 16.1. The molecule has 2 atom stereocenters. The predicted molar refractivity (Wildman–Crippen MR) is 109 cm³/mol. The van der Waals surface area contributed by atoms with Gasteiger partial charge in [0.1, 0.15) is 5.82 Å². The molecular formula is C23H19ClFNO3. The molecule has 4 nitrogen and oxygen atoms in total. The first-order valence-electron chi connectivity index (χ1n) is 9.02. The summed E-state index contributed by atoms with van der Waals surface area (Å²) in [5, 5.41) is 12.7. The van der Waals surface area contributed by atoms with Crippen molar-refractivity contribution in [1.29, 1.82) is 0 Å². The summed E-state index contributed by atoms with van der Waals surface area (Å²) in [5.41, 5.74) is 2.05. The molecule has 1 amide bonds. The van der Waals surface area contributed by atoms with Crippen LogP contribution in [-0.2, 0) is 9.59 Å². The van der Waals surface area contributed by atoms with Crippen molar-refractivity contribution in [3.63, 3.8) is 0 Å². The summed E-state index contributed by atoms with van der Waals surface area (Å²) >= 11 is 5.97. The van der Waals surface area contributed by atoms with Gasteiger partial charge >= 0.3 is 5.97 Å². The fraction of sp³-hybridized carbons (Fsp3) is 0.130. The Morgan fingerprint density at radius 2 is 1.41 bits per heavy atom. The predicted octanol–water partition coefficient (Wildman–Crippen LogP) is 4.94. The standard InChI is InChI=1S/C23H19ClFNO3/c24-18-10-6-15(7-11-18)20(16-8-12-19(25)13-9-16)14-21(27)26-22(23(28)29)17-4-2-1-3-5-17/h1-13,20,22H,14H2,(H,26,27)(H,28,29). The lowest BCUT2D eigenvalue weighted by molar-refractivity contribution is -0.142. The molecule has 0 spiro atoms. The third-order valence-electron chi connectivity index (χ3n) is 4.62. The lowest BCUT2D eigenvalue weighted by Gasteiger charge is -2.20. The Bertz CT molecular complexity index is 930. The van der Waals surface area contributed by atoms with Gasteiger partial charge in [0.05, 0.1) is 0 Å². The van der Waals surface area contributed by atoms with E-state index >= 15 is 0 Å². The van der Waals surface area contributed by atoms with E-state index in [-0.39, 0.29) is 18.2 Å². The van der Waals surface area contributed by atoms with Gasteiger partial charge in [-0.2, -0.15) is 0 Å². The monoisotopic (exact) mass is 411 g/mol. The number of hydrogen-bond acceptors (Lipinski definition) is 2. The number of halogens is 2. The van der Waals surface area contributed by atoms with Crippen LogP contribution in [0, 0.1) is 5.82 Å². The summed E-state index contributed by atoms with van der Waals surface area (Å²) in [7, 11) is 0. The molecule has 2 unspecified atom stereocenters. The van der Waals surface area contributed by atoms with E-state index < -0.39 is 17.9 Å². The maximum absolute atomic E-state index is 13.4. The van der Waals surface area contributed by atoms with E-state index in [9.17, 15) is 19.1 Å². The first-order chi connectivity index (χ1) is 13.9. The Morgan fingerprint density at radius 1 is 0.862 bits per heavy atom. The Labute approximate surface area is 173 Å². The van der Waals surface area contributed by atoms with Crippen LogP contribution in [0.15, 0.2) is 78.9 Å². The zero-order chi connectivity index (χ0) is 20.8. The van der Waals surface area contributed by atoms with Crippen molar-refractivity contribution >= 4 is 23.5 Å². The molecule has 0 saturated heterocycles. The minimum atomic E-state index is -1.15.